The Morgan fingerprint density at radius 2 is 2.00 bits per heavy atom. The maximum Gasteiger partial charge on any atom is 0.240 e. The van der Waals surface area contributed by atoms with Crippen LogP contribution in [0.4, 0.5) is 0 Å². The zero-order chi connectivity index (χ0) is 19.3. The van der Waals surface area contributed by atoms with E-state index in [2.05, 4.69) is 24.4 Å². The number of aryl methyl sites for hydroxylation is 1. The number of nitrogens with one attached hydrogen (secondary N) is 1. The van der Waals surface area contributed by atoms with Crippen LogP contribution in [0.3, 0.4) is 0 Å². The van der Waals surface area contributed by atoms with Crippen molar-refractivity contribution in [1.82, 2.24) is 14.9 Å². The fourth-order valence-corrected chi connectivity index (χ4v) is 3.91. The molecule has 1 fully saturated rings. The molecule has 1 saturated carbocycles. The molecule has 1 aromatic heterocycles. The van der Waals surface area contributed by atoms with Crippen molar-refractivity contribution in [3.05, 3.63) is 54.1 Å². The summed E-state index contributed by atoms with van der Waals surface area (Å²) in [5, 5.41) is 3.92. The molecule has 6 heteroatoms. The number of ether oxygens (including phenoxy) is 1. The lowest BCUT2D eigenvalue weighted by molar-refractivity contribution is -0.121. The first-order valence-corrected chi connectivity index (χ1v) is 10.8. The molecule has 1 N–H and O–H groups in total. The minimum absolute atomic E-state index is 0.0553. The van der Waals surface area contributed by atoms with Gasteiger partial charge < -0.3 is 14.6 Å². The number of hydrogen-bond donors (Lipinski definition) is 1. The molecular weight excluding hydrogens is 370 g/mol. The van der Waals surface area contributed by atoms with E-state index in [1.54, 1.807) is 11.8 Å². The number of thioether (sulfide) groups is 1. The molecule has 1 heterocycles. The van der Waals surface area contributed by atoms with Crippen LogP contribution >= 0.6 is 11.8 Å². The molecule has 0 bridgehead atoms. The normalized spacial score (nSPS) is 13.6. The van der Waals surface area contributed by atoms with E-state index in [4.69, 9.17) is 9.72 Å². The van der Waals surface area contributed by atoms with Crippen molar-refractivity contribution in [2.75, 3.05) is 12.4 Å². The van der Waals surface area contributed by atoms with Gasteiger partial charge in [0, 0.05) is 11.8 Å². The van der Waals surface area contributed by atoms with Crippen LogP contribution in [0.5, 0.6) is 5.75 Å². The summed E-state index contributed by atoms with van der Waals surface area (Å²) in [6.07, 6.45) is 3.21. The van der Waals surface area contributed by atoms with Gasteiger partial charge in [-0.1, -0.05) is 43.0 Å². The summed E-state index contributed by atoms with van der Waals surface area (Å²) in [6.45, 7) is 3.04. The Balaban J connectivity index is 1.39. The molecule has 2 aromatic carbocycles. The smallest absolute Gasteiger partial charge is 0.240 e. The maximum atomic E-state index is 12.3. The minimum Gasteiger partial charge on any atom is -0.493 e. The van der Waals surface area contributed by atoms with E-state index in [0.717, 1.165) is 47.0 Å². The van der Waals surface area contributed by atoms with Crippen molar-refractivity contribution in [3.8, 4) is 5.75 Å². The zero-order valence-electron chi connectivity index (χ0n) is 16.1. The Bertz CT molecular complexity index is 948. The number of hydrogen-bond acceptors (Lipinski definition) is 4. The predicted octanol–water partition coefficient (Wildman–Crippen LogP) is 4.05. The van der Waals surface area contributed by atoms with Crippen molar-refractivity contribution in [3.63, 3.8) is 0 Å². The van der Waals surface area contributed by atoms with Gasteiger partial charge in [0.1, 0.15) is 12.3 Å². The molecule has 146 valence electrons. The first-order valence-electron chi connectivity index (χ1n) is 9.82. The zero-order valence-corrected chi connectivity index (χ0v) is 16.9. The molecular formula is C22H25N3O2S. The van der Waals surface area contributed by atoms with Gasteiger partial charge in [0.25, 0.3) is 0 Å². The molecule has 0 atom stereocenters. The lowest BCUT2D eigenvalue weighted by Crippen LogP contribution is -2.29. The summed E-state index contributed by atoms with van der Waals surface area (Å²) >= 11 is 1.62. The van der Waals surface area contributed by atoms with Gasteiger partial charge in [0.05, 0.1) is 17.6 Å². The Kier molecular flexibility index (Phi) is 5.86. The Morgan fingerprint density at radius 3 is 2.75 bits per heavy atom. The van der Waals surface area contributed by atoms with E-state index in [1.807, 2.05) is 41.0 Å². The molecule has 0 unspecified atom stereocenters. The first-order chi connectivity index (χ1) is 13.7. The second-order valence-corrected chi connectivity index (χ2v) is 8.07. The predicted molar refractivity (Wildman–Crippen MR) is 113 cm³/mol. The van der Waals surface area contributed by atoms with Crippen molar-refractivity contribution in [1.29, 1.82) is 0 Å². The first kappa shape index (κ1) is 18.9. The summed E-state index contributed by atoms with van der Waals surface area (Å²) in [4.78, 5) is 17.0. The topological polar surface area (TPSA) is 56.2 Å². The number of carbonyl (C=O) groups is 1. The average molecular weight is 396 g/mol. The number of carbonyl (C=O) groups excluding carboxylic acids is 1. The van der Waals surface area contributed by atoms with Crippen LogP contribution < -0.4 is 10.1 Å². The molecule has 1 aliphatic rings. The van der Waals surface area contributed by atoms with E-state index in [0.29, 0.717) is 19.2 Å². The second-order valence-electron chi connectivity index (χ2n) is 7.01. The number of para-hydroxylation sites is 2. The molecule has 1 amide bonds. The number of rotatable bonds is 9. The number of amides is 1. The summed E-state index contributed by atoms with van der Waals surface area (Å²) in [5.41, 5.74) is 3.22. The van der Waals surface area contributed by atoms with Crippen molar-refractivity contribution in [2.45, 2.75) is 43.9 Å². The highest BCUT2D eigenvalue weighted by Crippen LogP contribution is 2.25. The quantitative estimate of drug-likeness (QED) is 0.439. The van der Waals surface area contributed by atoms with Gasteiger partial charge in [-0.15, -0.1) is 0 Å². The Labute approximate surface area is 169 Å². The van der Waals surface area contributed by atoms with E-state index < -0.39 is 0 Å². The number of fused-ring (bicyclic) bond motifs is 1. The van der Waals surface area contributed by atoms with Crippen LogP contribution in [-0.4, -0.2) is 33.9 Å². The van der Waals surface area contributed by atoms with Crippen molar-refractivity contribution < 1.29 is 9.53 Å². The van der Waals surface area contributed by atoms with E-state index in [-0.39, 0.29) is 5.91 Å². The highest BCUT2D eigenvalue weighted by Gasteiger charge is 2.24. The van der Waals surface area contributed by atoms with Crippen LogP contribution in [0.1, 0.15) is 25.3 Å². The van der Waals surface area contributed by atoms with Gasteiger partial charge >= 0.3 is 0 Å². The summed E-state index contributed by atoms with van der Waals surface area (Å²) in [6, 6.07) is 16.6. The minimum atomic E-state index is 0.0553. The van der Waals surface area contributed by atoms with Gasteiger partial charge in [-0.2, -0.15) is 0 Å². The SMILES string of the molecule is CCc1ccc(OCCSc2nc3ccccc3n2CC(=O)NC2CC2)cc1. The van der Waals surface area contributed by atoms with Gasteiger partial charge in [0.15, 0.2) is 5.16 Å². The average Bonchev–Trinajstić information content (AvgIpc) is 3.47. The van der Waals surface area contributed by atoms with Gasteiger partial charge in [0.2, 0.25) is 5.91 Å². The highest BCUT2D eigenvalue weighted by atomic mass is 32.2. The summed E-state index contributed by atoms with van der Waals surface area (Å²) in [5.74, 6) is 1.71. The third-order valence-corrected chi connectivity index (χ3v) is 5.72. The number of nitrogens with zero attached hydrogens (tertiary/aromatic N) is 2. The molecule has 0 spiro atoms. The van der Waals surface area contributed by atoms with E-state index in [1.165, 1.54) is 5.56 Å². The van der Waals surface area contributed by atoms with E-state index >= 15 is 0 Å². The van der Waals surface area contributed by atoms with Crippen LogP contribution in [0.25, 0.3) is 11.0 Å². The lowest BCUT2D eigenvalue weighted by Gasteiger charge is -2.10. The van der Waals surface area contributed by atoms with Crippen molar-refractivity contribution in [2.24, 2.45) is 0 Å². The molecule has 0 radical (unpaired) electrons. The number of aromatic nitrogens is 2. The highest BCUT2D eigenvalue weighted by molar-refractivity contribution is 7.99. The fourth-order valence-electron chi connectivity index (χ4n) is 3.07. The van der Waals surface area contributed by atoms with Crippen molar-refractivity contribution >= 4 is 28.7 Å². The molecule has 5 nitrogen and oxygen atoms in total. The molecule has 28 heavy (non-hydrogen) atoms. The molecule has 4 rings (SSSR count). The summed E-state index contributed by atoms with van der Waals surface area (Å²) < 4.78 is 7.85. The third kappa shape index (κ3) is 4.68. The van der Waals surface area contributed by atoms with Gasteiger partial charge in [-0.25, -0.2) is 4.98 Å². The standard InChI is InChI=1S/C22H25N3O2S/c1-2-16-7-11-18(12-8-16)27-13-14-28-22-24-19-5-3-4-6-20(19)25(22)15-21(26)23-17-9-10-17/h3-8,11-12,17H,2,9-10,13-15H2,1H3,(H,23,26). The molecule has 0 aliphatic heterocycles. The largest absolute Gasteiger partial charge is 0.493 e. The molecule has 0 saturated heterocycles. The fraction of sp³-hybridized carbons (Fsp3) is 0.364. The molecule has 3 aromatic rings. The van der Waals surface area contributed by atoms with Crippen LogP contribution in [0.15, 0.2) is 53.7 Å². The van der Waals surface area contributed by atoms with Gasteiger partial charge in [-0.05, 0) is 49.1 Å². The monoisotopic (exact) mass is 395 g/mol. The van der Waals surface area contributed by atoms with Crippen LogP contribution in [0.2, 0.25) is 0 Å². The summed E-state index contributed by atoms with van der Waals surface area (Å²) in [7, 11) is 0. The van der Waals surface area contributed by atoms with Crippen LogP contribution in [-0.2, 0) is 17.8 Å². The number of imidazole rings is 1. The lowest BCUT2D eigenvalue weighted by atomic mass is 10.2. The third-order valence-electron chi connectivity index (χ3n) is 4.78. The molecule has 1 aliphatic carbocycles. The Hall–Kier alpha value is -2.47. The second kappa shape index (κ2) is 8.69. The van der Waals surface area contributed by atoms with Crippen LogP contribution in [0, 0.1) is 0 Å². The maximum absolute atomic E-state index is 12.3. The van der Waals surface area contributed by atoms with E-state index in [9.17, 15) is 4.79 Å². The van der Waals surface area contributed by atoms with Gasteiger partial charge in [-0.3, -0.25) is 4.79 Å². The Morgan fingerprint density at radius 1 is 1.21 bits per heavy atom. The number of benzene rings is 2.